The summed E-state index contributed by atoms with van der Waals surface area (Å²) in [5.74, 6) is -0.319. The molecule has 24 heavy (non-hydrogen) atoms. The fourth-order valence-corrected chi connectivity index (χ4v) is 2.28. The Morgan fingerprint density at radius 1 is 1.00 bits per heavy atom. The number of carbonyl (C=O) groups is 2. The zero-order valence-corrected chi connectivity index (χ0v) is 13.6. The summed E-state index contributed by atoms with van der Waals surface area (Å²) in [4.78, 5) is 23.9. The molecule has 0 saturated carbocycles. The van der Waals surface area contributed by atoms with E-state index in [2.05, 4.69) is 0 Å². The van der Waals surface area contributed by atoms with Gasteiger partial charge in [0, 0.05) is 19.2 Å². The van der Waals surface area contributed by atoms with Crippen LogP contribution in [0.5, 0.6) is 5.75 Å². The molecule has 0 aliphatic carbocycles. The van der Waals surface area contributed by atoms with Crippen LogP contribution in [0.3, 0.4) is 0 Å². The molecule has 0 fully saturated rings. The lowest BCUT2D eigenvalue weighted by Crippen LogP contribution is -2.30. The Bertz CT molecular complexity index is 685. The molecule has 0 aliphatic heterocycles. The van der Waals surface area contributed by atoms with Gasteiger partial charge < -0.3 is 14.7 Å². The van der Waals surface area contributed by atoms with Gasteiger partial charge in [-0.25, -0.2) is 0 Å². The van der Waals surface area contributed by atoms with Crippen LogP contribution in [0.4, 0.5) is 0 Å². The minimum Gasteiger partial charge on any atom is -0.492 e. The zero-order chi connectivity index (χ0) is 17.4. The van der Waals surface area contributed by atoms with Crippen molar-refractivity contribution < 1.29 is 19.4 Å². The first-order valence-corrected chi connectivity index (χ1v) is 7.81. The molecule has 2 rings (SSSR count). The quantitative estimate of drug-likeness (QED) is 0.809. The zero-order valence-electron chi connectivity index (χ0n) is 13.6. The average Bonchev–Trinajstić information content (AvgIpc) is 2.60. The molecule has 0 aliphatic rings. The number of carboxylic acids is 1. The number of hydrogen-bond acceptors (Lipinski definition) is 3. The fraction of sp³-hybridized carbons (Fsp3) is 0.263. The molecule has 5 heteroatoms. The van der Waals surface area contributed by atoms with Crippen molar-refractivity contribution in [1.82, 2.24) is 4.90 Å². The predicted molar refractivity (Wildman–Crippen MR) is 91.9 cm³/mol. The largest absolute Gasteiger partial charge is 0.492 e. The molecule has 2 aromatic carbocycles. The normalized spacial score (nSPS) is 10.2. The van der Waals surface area contributed by atoms with Crippen molar-refractivity contribution >= 4 is 11.9 Å². The fourth-order valence-electron chi connectivity index (χ4n) is 2.28. The van der Waals surface area contributed by atoms with Crippen LogP contribution < -0.4 is 4.74 Å². The van der Waals surface area contributed by atoms with E-state index in [1.165, 1.54) is 4.90 Å². The number of carboxylic acid groups (broad SMARTS) is 1. The predicted octanol–water partition coefficient (Wildman–Crippen LogP) is 3.06. The van der Waals surface area contributed by atoms with Crippen LogP contribution in [-0.4, -0.2) is 42.1 Å². The molecule has 126 valence electrons. The summed E-state index contributed by atoms with van der Waals surface area (Å²) in [6, 6.07) is 17.6. The van der Waals surface area contributed by atoms with Gasteiger partial charge in [0.1, 0.15) is 5.75 Å². The lowest BCUT2D eigenvalue weighted by Gasteiger charge is -2.17. The monoisotopic (exact) mass is 327 g/mol. The van der Waals surface area contributed by atoms with Crippen LogP contribution in [0.2, 0.25) is 0 Å². The minimum atomic E-state index is -0.914. The van der Waals surface area contributed by atoms with Crippen molar-refractivity contribution in [3.05, 3.63) is 54.6 Å². The van der Waals surface area contributed by atoms with Crippen LogP contribution in [0.25, 0.3) is 11.1 Å². The van der Waals surface area contributed by atoms with Crippen molar-refractivity contribution in [2.45, 2.75) is 12.8 Å². The van der Waals surface area contributed by atoms with E-state index in [1.54, 1.807) is 7.05 Å². The molecule has 0 spiro atoms. The molecule has 0 bridgehead atoms. The van der Waals surface area contributed by atoms with Crippen molar-refractivity contribution in [1.29, 1.82) is 0 Å². The van der Waals surface area contributed by atoms with Crippen molar-refractivity contribution in [2.75, 3.05) is 20.2 Å². The first-order valence-electron chi connectivity index (χ1n) is 7.81. The van der Waals surface area contributed by atoms with E-state index in [4.69, 9.17) is 9.84 Å². The second-order valence-corrected chi connectivity index (χ2v) is 5.42. The molecule has 0 atom stereocenters. The van der Waals surface area contributed by atoms with Crippen molar-refractivity contribution in [3.8, 4) is 16.9 Å². The summed E-state index contributed by atoms with van der Waals surface area (Å²) in [6.07, 6.45) is 0.152. The number of carbonyl (C=O) groups excluding carboxylic acids is 1. The van der Waals surface area contributed by atoms with Crippen molar-refractivity contribution in [2.24, 2.45) is 0 Å². The molecular formula is C19H21NO4. The molecule has 1 N–H and O–H groups in total. The van der Waals surface area contributed by atoms with Crippen LogP contribution in [0.1, 0.15) is 12.8 Å². The lowest BCUT2D eigenvalue weighted by atomic mass is 10.1. The summed E-state index contributed by atoms with van der Waals surface area (Å²) < 4.78 is 5.77. The standard InChI is InChI=1S/C19H21NO4/c1-20(13-11-19(22)23)18(21)12-14-24-17-10-6-5-9-16(17)15-7-3-2-4-8-15/h2-10H,11-14H2,1H3,(H,22,23). The highest BCUT2D eigenvalue weighted by Gasteiger charge is 2.11. The van der Waals surface area contributed by atoms with Gasteiger partial charge in [-0.2, -0.15) is 0 Å². The second-order valence-electron chi connectivity index (χ2n) is 5.42. The third-order valence-corrected chi connectivity index (χ3v) is 3.63. The van der Waals surface area contributed by atoms with E-state index in [0.717, 1.165) is 16.9 Å². The number of nitrogens with zero attached hydrogens (tertiary/aromatic N) is 1. The molecule has 2 aromatic rings. The number of aliphatic carboxylic acids is 1. The van der Waals surface area contributed by atoms with Crippen LogP contribution in [-0.2, 0) is 9.59 Å². The van der Waals surface area contributed by atoms with Gasteiger partial charge in [0.05, 0.1) is 19.4 Å². The second kappa shape index (κ2) is 8.72. The molecule has 0 saturated heterocycles. The van der Waals surface area contributed by atoms with Crippen LogP contribution in [0.15, 0.2) is 54.6 Å². The maximum absolute atomic E-state index is 12.0. The summed E-state index contributed by atoms with van der Waals surface area (Å²) >= 11 is 0. The number of para-hydroxylation sites is 1. The van der Waals surface area contributed by atoms with Gasteiger partial charge in [-0.1, -0.05) is 48.5 Å². The van der Waals surface area contributed by atoms with Gasteiger partial charge in [0.2, 0.25) is 5.91 Å². The van der Waals surface area contributed by atoms with E-state index in [-0.39, 0.29) is 31.9 Å². The minimum absolute atomic E-state index is 0.0556. The summed E-state index contributed by atoms with van der Waals surface area (Å²) in [5.41, 5.74) is 2.03. The summed E-state index contributed by atoms with van der Waals surface area (Å²) in [7, 11) is 1.60. The third-order valence-electron chi connectivity index (χ3n) is 3.63. The molecule has 5 nitrogen and oxygen atoms in total. The van der Waals surface area contributed by atoms with E-state index >= 15 is 0 Å². The smallest absolute Gasteiger partial charge is 0.305 e. The Balaban J connectivity index is 1.91. The number of hydrogen-bond donors (Lipinski definition) is 1. The number of benzene rings is 2. The first-order chi connectivity index (χ1) is 11.6. The Morgan fingerprint density at radius 2 is 1.67 bits per heavy atom. The first kappa shape index (κ1) is 17.5. The molecule has 0 unspecified atom stereocenters. The summed E-state index contributed by atoms with van der Waals surface area (Å²) in [6.45, 7) is 0.453. The van der Waals surface area contributed by atoms with E-state index in [1.807, 2.05) is 54.6 Å². The molecule has 0 radical (unpaired) electrons. The Hall–Kier alpha value is -2.82. The van der Waals surface area contributed by atoms with Gasteiger partial charge in [-0.3, -0.25) is 9.59 Å². The molecule has 1 amide bonds. The van der Waals surface area contributed by atoms with Gasteiger partial charge >= 0.3 is 5.97 Å². The highest BCUT2D eigenvalue weighted by molar-refractivity contribution is 5.77. The number of amides is 1. The highest BCUT2D eigenvalue weighted by Crippen LogP contribution is 2.29. The molecular weight excluding hydrogens is 306 g/mol. The number of ether oxygens (including phenoxy) is 1. The summed E-state index contributed by atoms with van der Waals surface area (Å²) in [5, 5.41) is 8.65. The van der Waals surface area contributed by atoms with Gasteiger partial charge in [-0.15, -0.1) is 0 Å². The molecule has 0 aromatic heterocycles. The molecule has 0 heterocycles. The Labute approximate surface area is 141 Å². The lowest BCUT2D eigenvalue weighted by molar-refractivity contribution is -0.138. The van der Waals surface area contributed by atoms with Crippen LogP contribution in [0, 0.1) is 0 Å². The maximum atomic E-state index is 12.0. The van der Waals surface area contributed by atoms with E-state index in [0.29, 0.717) is 0 Å². The third kappa shape index (κ3) is 5.12. The van der Waals surface area contributed by atoms with E-state index < -0.39 is 5.97 Å². The SMILES string of the molecule is CN(CCC(=O)O)C(=O)CCOc1ccccc1-c1ccccc1. The Kier molecular flexibility index (Phi) is 6.37. The van der Waals surface area contributed by atoms with Crippen molar-refractivity contribution in [3.63, 3.8) is 0 Å². The van der Waals surface area contributed by atoms with Gasteiger partial charge in [0.25, 0.3) is 0 Å². The van der Waals surface area contributed by atoms with E-state index in [9.17, 15) is 9.59 Å². The van der Waals surface area contributed by atoms with Crippen LogP contribution >= 0.6 is 0 Å². The average molecular weight is 327 g/mol. The topological polar surface area (TPSA) is 66.8 Å². The van der Waals surface area contributed by atoms with Gasteiger partial charge in [0.15, 0.2) is 0 Å². The Morgan fingerprint density at radius 3 is 2.38 bits per heavy atom. The van der Waals surface area contributed by atoms with Gasteiger partial charge in [-0.05, 0) is 11.6 Å². The number of rotatable bonds is 8. The maximum Gasteiger partial charge on any atom is 0.305 e. The highest BCUT2D eigenvalue weighted by atomic mass is 16.5.